The van der Waals surface area contributed by atoms with Crippen LogP contribution in [0.3, 0.4) is 0 Å². The first-order valence-corrected chi connectivity index (χ1v) is 9.69. The maximum atomic E-state index is 13.1. The second-order valence-electron chi connectivity index (χ2n) is 8.26. The Labute approximate surface area is 150 Å². The van der Waals surface area contributed by atoms with E-state index in [1.54, 1.807) is 0 Å². The molecule has 1 aliphatic heterocycles. The van der Waals surface area contributed by atoms with E-state index < -0.39 is 0 Å². The minimum Gasteiger partial charge on any atom is -0.454 e. The van der Waals surface area contributed by atoms with E-state index >= 15 is 0 Å². The summed E-state index contributed by atoms with van der Waals surface area (Å²) in [5, 5.41) is 3.21. The van der Waals surface area contributed by atoms with Crippen molar-refractivity contribution in [1.29, 1.82) is 0 Å². The third-order valence-corrected chi connectivity index (χ3v) is 7.29. The van der Waals surface area contributed by atoms with Crippen molar-refractivity contribution in [3.05, 3.63) is 23.8 Å². The summed E-state index contributed by atoms with van der Waals surface area (Å²) in [6.45, 7) is 0.839. The van der Waals surface area contributed by atoms with Crippen LogP contribution in [-0.4, -0.2) is 17.0 Å². The number of hydrogen-bond acceptors (Lipinski definition) is 3. The van der Waals surface area contributed by atoms with E-state index in [0.29, 0.717) is 6.54 Å². The third kappa shape index (κ3) is 2.35. The number of halogens is 1. The molecular weight excluding hydrogens is 370 g/mol. The molecule has 0 saturated heterocycles. The molecule has 1 aromatic rings. The van der Waals surface area contributed by atoms with Gasteiger partial charge in [-0.15, -0.1) is 0 Å². The molecule has 1 N–H and O–H groups in total. The molecule has 24 heavy (non-hydrogen) atoms. The number of nitrogens with one attached hydrogen (secondary N) is 1. The fourth-order valence-corrected chi connectivity index (χ4v) is 7.29. The molecule has 4 saturated carbocycles. The van der Waals surface area contributed by atoms with Crippen LogP contribution in [0.15, 0.2) is 18.2 Å². The Kier molecular flexibility index (Phi) is 3.22. The molecule has 1 heterocycles. The number of rotatable bonds is 3. The van der Waals surface area contributed by atoms with Crippen LogP contribution in [0.25, 0.3) is 0 Å². The van der Waals surface area contributed by atoms with Gasteiger partial charge in [-0.1, -0.05) is 22.0 Å². The van der Waals surface area contributed by atoms with E-state index in [2.05, 4.69) is 21.2 Å². The van der Waals surface area contributed by atoms with Crippen molar-refractivity contribution in [2.75, 3.05) is 6.79 Å². The third-order valence-electron chi connectivity index (χ3n) is 6.36. The number of carbonyl (C=O) groups is 1. The lowest BCUT2D eigenvalue weighted by Crippen LogP contribution is -2.58. The van der Waals surface area contributed by atoms with Gasteiger partial charge in [0.2, 0.25) is 12.7 Å². The van der Waals surface area contributed by atoms with E-state index in [9.17, 15) is 4.79 Å². The average molecular weight is 392 g/mol. The Balaban J connectivity index is 1.30. The Morgan fingerprint density at radius 2 is 1.92 bits per heavy atom. The minimum atomic E-state index is -0.149. The van der Waals surface area contributed by atoms with Gasteiger partial charge in [0.25, 0.3) is 0 Å². The van der Waals surface area contributed by atoms with Crippen molar-refractivity contribution in [3.63, 3.8) is 0 Å². The summed E-state index contributed by atoms with van der Waals surface area (Å²) in [5.74, 6) is 3.25. The van der Waals surface area contributed by atoms with Gasteiger partial charge in [0.1, 0.15) is 0 Å². The zero-order valence-corrected chi connectivity index (χ0v) is 15.2. The molecule has 4 aliphatic carbocycles. The standard InChI is InChI=1S/C19H22BrNO3/c20-19-7-13-3-14(8-19)6-18(5-13,10-19)17(22)21-9-12-1-2-15-16(4-12)24-11-23-15/h1-2,4,13-14H,3,5-11H2,(H,21,22)/t13-,14+,18?,19?. The van der Waals surface area contributed by atoms with E-state index in [-0.39, 0.29) is 22.4 Å². The van der Waals surface area contributed by atoms with Crippen molar-refractivity contribution in [3.8, 4) is 11.5 Å². The summed E-state index contributed by atoms with van der Waals surface area (Å²) in [6.07, 6.45) is 6.97. The highest BCUT2D eigenvalue weighted by Gasteiger charge is 2.59. The fourth-order valence-electron chi connectivity index (χ4n) is 5.84. The molecule has 128 valence electrons. The van der Waals surface area contributed by atoms with Gasteiger partial charge in [-0.3, -0.25) is 4.79 Å². The second kappa shape index (κ2) is 5.13. The number of benzene rings is 1. The molecule has 0 aromatic heterocycles. The minimum absolute atomic E-state index is 0.149. The van der Waals surface area contributed by atoms with Gasteiger partial charge < -0.3 is 14.8 Å². The summed E-state index contributed by atoms with van der Waals surface area (Å²) < 4.78 is 11.0. The maximum absolute atomic E-state index is 13.1. The Hall–Kier alpha value is -1.23. The van der Waals surface area contributed by atoms with Crippen LogP contribution in [-0.2, 0) is 11.3 Å². The quantitative estimate of drug-likeness (QED) is 0.797. The molecule has 1 amide bonds. The molecule has 4 nitrogen and oxygen atoms in total. The predicted octanol–water partition coefficient (Wildman–Crippen LogP) is 3.77. The first-order valence-electron chi connectivity index (χ1n) is 8.89. The molecule has 4 fully saturated rings. The van der Waals surface area contributed by atoms with Crippen LogP contribution in [0.4, 0.5) is 0 Å². The molecule has 0 spiro atoms. The summed E-state index contributed by atoms with van der Waals surface area (Å²) in [4.78, 5) is 13.1. The molecule has 5 heteroatoms. The summed E-state index contributed by atoms with van der Waals surface area (Å²) in [6, 6.07) is 5.88. The number of alkyl halides is 1. The number of fused-ring (bicyclic) bond motifs is 1. The van der Waals surface area contributed by atoms with E-state index in [1.807, 2.05) is 18.2 Å². The Morgan fingerprint density at radius 3 is 2.67 bits per heavy atom. The normalized spacial score (nSPS) is 38.4. The summed E-state index contributed by atoms with van der Waals surface area (Å²) in [5.41, 5.74) is 0.912. The van der Waals surface area contributed by atoms with Gasteiger partial charge in [0, 0.05) is 10.9 Å². The molecular formula is C19H22BrNO3. The van der Waals surface area contributed by atoms with Gasteiger partial charge in [-0.2, -0.15) is 0 Å². The van der Waals surface area contributed by atoms with Crippen LogP contribution in [0.1, 0.15) is 44.1 Å². The van der Waals surface area contributed by atoms with Crippen molar-refractivity contribution in [2.45, 2.75) is 49.4 Å². The first kappa shape index (κ1) is 15.1. The SMILES string of the molecule is O=C(NCc1ccc2c(c1)OCO2)C12C[C@@H]3C[C@@H](CC(Br)(C3)C1)C2. The zero-order valence-electron chi connectivity index (χ0n) is 13.6. The molecule has 6 rings (SSSR count). The van der Waals surface area contributed by atoms with E-state index in [0.717, 1.165) is 48.2 Å². The molecule has 1 aromatic carbocycles. The number of hydrogen-bond donors (Lipinski definition) is 1. The highest BCUT2D eigenvalue weighted by Crippen LogP contribution is 2.64. The lowest BCUT2D eigenvalue weighted by Gasteiger charge is -2.59. The second-order valence-corrected chi connectivity index (χ2v) is 9.94. The number of amides is 1. The van der Waals surface area contributed by atoms with Crippen molar-refractivity contribution in [1.82, 2.24) is 5.32 Å². The van der Waals surface area contributed by atoms with Crippen LogP contribution >= 0.6 is 15.9 Å². The van der Waals surface area contributed by atoms with Gasteiger partial charge >= 0.3 is 0 Å². The summed E-state index contributed by atoms with van der Waals surface area (Å²) in [7, 11) is 0. The van der Waals surface area contributed by atoms with Gasteiger partial charge in [-0.25, -0.2) is 0 Å². The Morgan fingerprint density at radius 1 is 1.17 bits per heavy atom. The summed E-state index contributed by atoms with van der Waals surface area (Å²) >= 11 is 3.98. The fraction of sp³-hybridized carbons (Fsp3) is 0.632. The lowest BCUT2D eigenvalue weighted by molar-refractivity contribution is -0.144. The van der Waals surface area contributed by atoms with Gasteiger partial charge in [-0.05, 0) is 68.1 Å². The monoisotopic (exact) mass is 391 g/mol. The zero-order chi connectivity index (χ0) is 16.4. The van der Waals surface area contributed by atoms with Crippen LogP contribution in [0, 0.1) is 17.3 Å². The number of ether oxygens (including phenoxy) is 2. The molecule has 4 atom stereocenters. The van der Waals surface area contributed by atoms with E-state index in [4.69, 9.17) is 9.47 Å². The lowest BCUT2D eigenvalue weighted by atomic mass is 9.49. The first-order chi connectivity index (χ1) is 11.5. The topological polar surface area (TPSA) is 47.6 Å². The van der Waals surface area contributed by atoms with Crippen molar-refractivity contribution in [2.24, 2.45) is 17.3 Å². The van der Waals surface area contributed by atoms with Crippen molar-refractivity contribution < 1.29 is 14.3 Å². The number of carbonyl (C=O) groups excluding carboxylic acids is 1. The van der Waals surface area contributed by atoms with Gasteiger partial charge in [0.05, 0.1) is 5.41 Å². The molecule has 0 radical (unpaired) electrons. The smallest absolute Gasteiger partial charge is 0.231 e. The predicted molar refractivity (Wildman–Crippen MR) is 93.2 cm³/mol. The average Bonchev–Trinajstić information content (AvgIpc) is 2.97. The molecule has 4 bridgehead atoms. The largest absolute Gasteiger partial charge is 0.454 e. The molecule has 2 unspecified atom stereocenters. The Bertz CT molecular complexity index is 690. The highest BCUT2D eigenvalue weighted by molar-refractivity contribution is 9.10. The van der Waals surface area contributed by atoms with Crippen LogP contribution in [0.2, 0.25) is 0 Å². The highest BCUT2D eigenvalue weighted by atomic mass is 79.9. The van der Waals surface area contributed by atoms with Crippen LogP contribution < -0.4 is 14.8 Å². The van der Waals surface area contributed by atoms with E-state index in [1.165, 1.54) is 19.3 Å². The van der Waals surface area contributed by atoms with Gasteiger partial charge in [0.15, 0.2) is 11.5 Å². The van der Waals surface area contributed by atoms with Crippen molar-refractivity contribution >= 4 is 21.8 Å². The molecule has 5 aliphatic rings. The maximum Gasteiger partial charge on any atom is 0.231 e. The van der Waals surface area contributed by atoms with Crippen LogP contribution in [0.5, 0.6) is 11.5 Å².